The Bertz CT molecular complexity index is 471. The van der Waals surface area contributed by atoms with Crippen LogP contribution in [-0.2, 0) is 0 Å². The minimum absolute atomic E-state index is 0.114. The molecule has 0 amide bonds. The SMILES string of the molecule is N[C@@H](CO)c1nc(-c2ccc(F)cn2)no1. The maximum Gasteiger partial charge on any atom is 0.246 e. The van der Waals surface area contributed by atoms with E-state index in [1.54, 1.807) is 0 Å². The summed E-state index contributed by atoms with van der Waals surface area (Å²) in [5.41, 5.74) is 5.86. The van der Waals surface area contributed by atoms with Gasteiger partial charge in [0, 0.05) is 0 Å². The zero-order chi connectivity index (χ0) is 11.5. The Morgan fingerprint density at radius 2 is 2.31 bits per heavy atom. The van der Waals surface area contributed by atoms with Crippen LogP contribution < -0.4 is 5.73 Å². The molecule has 2 aromatic rings. The average Bonchev–Trinajstić information content (AvgIpc) is 2.78. The van der Waals surface area contributed by atoms with Gasteiger partial charge in [0.1, 0.15) is 17.6 Å². The standard InChI is InChI=1S/C9H9FN4O2/c10-5-1-2-7(12-3-5)8-13-9(16-14-8)6(11)4-15/h1-3,6,15H,4,11H2/t6-/m0/s1. The molecule has 84 valence electrons. The highest BCUT2D eigenvalue weighted by Crippen LogP contribution is 2.15. The van der Waals surface area contributed by atoms with E-state index >= 15 is 0 Å². The van der Waals surface area contributed by atoms with Crippen LogP contribution in [0, 0.1) is 5.82 Å². The third-order valence-corrected chi connectivity index (χ3v) is 1.91. The molecule has 2 heterocycles. The molecule has 0 spiro atoms. The molecule has 0 aliphatic heterocycles. The van der Waals surface area contributed by atoms with Crippen LogP contribution in [0.4, 0.5) is 4.39 Å². The fraction of sp³-hybridized carbons (Fsp3) is 0.222. The molecule has 0 saturated heterocycles. The van der Waals surface area contributed by atoms with Crippen molar-refractivity contribution in [3.8, 4) is 11.5 Å². The number of pyridine rings is 1. The largest absolute Gasteiger partial charge is 0.394 e. The van der Waals surface area contributed by atoms with Gasteiger partial charge in [0.2, 0.25) is 11.7 Å². The van der Waals surface area contributed by atoms with Crippen molar-refractivity contribution < 1.29 is 14.0 Å². The Kier molecular flexibility index (Phi) is 2.88. The van der Waals surface area contributed by atoms with Gasteiger partial charge in [-0.05, 0) is 12.1 Å². The maximum atomic E-state index is 12.6. The lowest BCUT2D eigenvalue weighted by molar-refractivity contribution is 0.237. The number of nitrogens with zero attached hydrogens (tertiary/aromatic N) is 3. The van der Waals surface area contributed by atoms with Crippen LogP contribution in [0.2, 0.25) is 0 Å². The Balaban J connectivity index is 2.28. The van der Waals surface area contributed by atoms with Crippen molar-refractivity contribution >= 4 is 0 Å². The van der Waals surface area contributed by atoms with Crippen LogP contribution in [0.1, 0.15) is 11.9 Å². The number of hydrogen-bond acceptors (Lipinski definition) is 6. The summed E-state index contributed by atoms with van der Waals surface area (Å²) in [4.78, 5) is 7.72. The number of hydrogen-bond donors (Lipinski definition) is 2. The van der Waals surface area contributed by atoms with E-state index in [1.165, 1.54) is 12.1 Å². The zero-order valence-corrected chi connectivity index (χ0v) is 8.17. The van der Waals surface area contributed by atoms with Crippen molar-refractivity contribution in [2.75, 3.05) is 6.61 Å². The molecule has 0 fully saturated rings. The number of aliphatic hydroxyl groups is 1. The monoisotopic (exact) mass is 224 g/mol. The smallest absolute Gasteiger partial charge is 0.246 e. The summed E-state index contributed by atoms with van der Waals surface area (Å²) >= 11 is 0. The number of halogens is 1. The lowest BCUT2D eigenvalue weighted by Gasteiger charge is -1.98. The first-order valence-corrected chi connectivity index (χ1v) is 4.52. The highest BCUT2D eigenvalue weighted by atomic mass is 19.1. The first kappa shape index (κ1) is 10.7. The van der Waals surface area contributed by atoms with E-state index in [4.69, 9.17) is 15.4 Å². The van der Waals surface area contributed by atoms with Gasteiger partial charge in [0.15, 0.2) is 0 Å². The summed E-state index contributed by atoms with van der Waals surface area (Å²) < 4.78 is 17.4. The molecule has 7 heteroatoms. The first-order valence-electron chi connectivity index (χ1n) is 4.52. The second-order valence-electron chi connectivity index (χ2n) is 3.11. The van der Waals surface area contributed by atoms with Crippen molar-refractivity contribution in [2.45, 2.75) is 6.04 Å². The number of nitrogens with two attached hydrogens (primary N) is 1. The second kappa shape index (κ2) is 4.33. The Hall–Kier alpha value is -1.86. The second-order valence-corrected chi connectivity index (χ2v) is 3.11. The summed E-state index contributed by atoms with van der Waals surface area (Å²) in [5.74, 6) is -0.123. The van der Waals surface area contributed by atoms with E-state index in [9.17, 15) is 4.39 Å². The van der Waals surface area contributed by atoms with Crippen LogP contribution in [0.15, 0.2) is 22.9 Å². The van der Waals surface area contributed by atoms with E-state index < -0.39 is 11.9 Å². The van der Waals surface area contributed by atoms with Gasteiger partial charge in [-0.1, -0.05) is 5.16 Å². The minimum Gasteiger partial charge on any atom is -0.394 e. The molecule has 0 aliphatic carbocycles. The van der Waals surface area contributed by atoms with Crippen molar-refractivity contribution in [3.05, 3.63) is 30.0 Å². The lowest BCUT2D eigenvalue weighted by Crippen LogP contribution is -2.14. The predicted octanol–water partition coefficient (Wildman–Crippen LogP) is 0.263. The van der Waals surface area contributed by atoms with Gasteiger partial charge in [-0.2, -0.15) is 4.98 Å². The summed E-state index contributed by atoms with van der Waals surface area (Å²) in [7, 11) is 0. The maximum absolute atomic E-state index is 12.6. The fourth-order valence-electron chi connectivity index (χ4n) is 1.08. The van der Waals surface area contributed by atoms with E-state index in [2.05, 4.69) is 15.1 Å². The van der Waals surface area contributed by atoms with Gasteiger partial charge < -0.3 is 15.4 Å². The summed E-state index contributed by atoms with van der Waals surface area (Å²) in [6.07, 6.45) is 1.05. The molecule has 3 N–H and O–H groups in total. The Morgan fingerprint density at radius 1 is 1.50 bits per heavy atom. The first-order chi connectivity index (χ1) is 7.70. The number of rotatable bonds is 3. The molecule has 1 atom stereocenters. The van der Waals surface area contributed by atoms with E-state index in [-0.39, 0.29) is 18.3 Å². The molecule has 6 nitrogen and oxygen atoms in total. The molecule has 0 radical (unpaired) electrons. The normalized spacial score (nSPS) is 12.7. The van der Waals surface area contributed by atoms with E-state index in [0.29, 0.717) is 5.69 Å². The lowest BCUT2D eigenvalue weighted by atomic mass is 10.3. The summed E-state index contributed by atoms with van der Waals surface area (Å²) in [6.45, 7) is -0.293. The topological polar surface area (TPSA) is 98.1 Å². The van der Waals surface area contributed by atoms with Gasteiger partial charge in [-0.3, -0.25) is 0 Å². The predicted molar refractivity (Wildman–Crippen MR) is 51.5 cm³/mol. The van der Waals surface area contributed by atoms with Crippen molar-refractivity contribution in [1.29, 1.82) is 0 Å². The third kappa shape index (κ3) is 2.05. The average molecular weight is 224 g/mol. The van der Waals surface area contributed by atoms with Gasteiger partial charge in [0.25, 0.3) is 0 Å². The molecule has 16 heavy (non-hydrogen) atoms. The van der Waals surface area contributed by atoms with Crippen LogP contribution in [0.5, 0.6) is 0 Å². The van der Waals surface area contributed by atoms with Crippen LogP contribution in [0.3, 0.4) is 0 Å². The number of aromatic nitrogens is 3. The molecule has 0 aliphatic rings. The van der Waals surface area contributed by atoms with Gasteiger partial charge in [-0.25, -0.2) is 9.37 Å². The van der Waals surface area contributed by atoms with Crippen molar-refractivity contribution in [3.63, 3.8) is 0 Å². The van der Waals surface area contributed by atoms with Gasteiger partial charge in [-0.15, -0.1) is 0 Å². The van der Waals surface area contributed by atoms with Crippen LogP contribution in [-0.4, -0.2) is 26.8 Å². The van der Waals surface area contributed by atoms with Gasteiger partial charge >= 0.3 is 0 Å². The van der Waals surface area contributed by atoms with Crippen molar-refractivity contribution in [1.82, 2.24) is 15.1 Å². The molecule has 2 aromatic heterocycles. The van der Waals surface area contributed by atoms with Crippen LogP contribution >= 0.6 is 0 Å². The van der Waals surface area contributed by atoms with E-state index in [0.717, 1.165) is 6.20 Å². The molecular formula is C9H9FN4O2. The van der Waals surface area contributed by atoms with E-state index in [1.807, 2.05) is 0 Å². The Labute approximate surface area is 89.9 Å². The fourth-order valence-corrected chi connectivity index (χ4v) is 1.08. The van der Waals surface area contributed by atoms with Gasteiger partial charge in [0.05, 0.1) is 12.8 Å². The molecule has 0 aromatic carbocycles. The quantitative estimate of drug-likeness (QED) is 0.776. The van der Waals surface area contributed by atoms with Crippen LogP contribution in [0.25, 0.3) is 11.5 Å². The minimum atomic E-state index is -0.721. The molecule has 0 unspecified atom stereocenters. The van der Waals surface area contributed by atoms with Crippen molar-refractivity contribution in [2.24, 2.45) is 5.73 Å². The summed E-state index contributed by atoms with van der Waals surface area (Å²) in [5, 5.41) is 12.4. The highest BCUT2D eigenvalue weighted by molar-refractivity contribution is 5.47. The molecule has 0 bridgehead atoms. The molecule has 2 rings (SSSR count). The molecular weight excluding hydrogens is 215 g/mol. The highest BCUT2D eigenvalue weighted by Gasteiger charge is 2.15. The zero-order valence-electron chi connectivity index (χ0n) is 8.17. The summed E-state index contributed by atoms with van der Waals surface area (Å²) in [6, 6.07) is 1.94. The Morgan fingerprint density at radius 3 is 2.94 bits per heavy atom. The molecule has 0 saturated carbocycles. The third-order valence-electron chi connectivity index (χ3n) is 1.91. The number of aliphatic hydroxyl groups excluding tert-OH is 1.